The number of aryl methyl sites for hydroxylation is 1. The number of aromatic nitrogens is 2. The van der Waals surface area contributed by atoms with E-state index in [1.165, 1.54) is 0 Å². The molecule has 0 radical (unpaired) electrons. The van der Waals surface area contributed by atoms with Crippen molar-refractivity contribution in [2.24, 2.45) is 11.8 Å². The predicted octanol–water partition coefficient (Wildman–Crippen LogP) is 1.94. The van der Waals surface area contributed by atoms with Crippen LogP contribution in [0.4, 0.5) is 10.2 Å². The van der Waals surface area contributed by atoms with Gasteiger partial charge in [0.05, 0.1) is 19.0 Å². The normalized spacial score (nSPS) is 19.9. The Kier molecular flexibility index (Phi) is 8.75. The molecule has 0 aromatic carbocycles. The molecular weight excluding hydrogens is 417 g/mol. The molecule has 1 aromatic heterocycles. The standard InChI is InChI=1S/C22H34FN5O4/c1-15-25-19(20(23)21(26-15)28-9-4-7-18(28)8-10-29)12-24-22(31)17(13-27(32)14-30)11-16-5-2-3-6-16/h14,16-18,29,32H,2-13H2,1H3,(H,24,31)/t17-,18+/m1/s1. The molecule has 1 saturated heterocycles. The number of hydroxylamine groups is 2. The van der Waals surface area contributed by atoms with Crippen LogP contribution in [0.25, 0.3) is 0 Å². The number of rotatable bonds is 11. The molecule has 2 fully saturated rings. The molecule has 3 N–H and O–H groups in total. The Hall–Kier alpha value is -2.33. The summed E-state index contributed by atoms with van der Waals surface area (Å²) in [7, 11) is 0. The van der Waals surface area contributed by atoms with E-state index in [1.807, 2.05) is 4.90 Å². The highest BCUT2D eigenvalue weighted by molar-refractivity contribution is 5.79. The van der Waals surface area contributed by atoms with Gasteiger partial charge in [-0.05, 0) is 38.5 Å². The van der Waals surface area contributed by atoms with Crippen LogP contribution in [0.1, 0.15) is 62.9 Å². The molecule has 2 amide bonds. The van der Waals surface area contributed by atoms with E-state index in [4.69, 9.17) is 0 Å². The average molecular weight is 452 g/mol. The fraction of sp³-hybridized carbons (Fsp3) is 0.727. The van der Waals surface area contributed by atoms with Crippen LogP contribution in [0.2, 0.25) is 0 Å². The third-order valence-corrected chi connectivity index (χ3v) is 6.55. The lowest BCUT2D eigenvalue weighted by atomic mass is 9.92. The number of hydrogen-bond donors (Lipinski definition) is 3. The highest BCUT2D eigenvalue weighted by Gasteiger charge is 2.30. The van der Waals surface area contributed by atoms with Gasteiger partial charge in [-0.1, -0.05) is 25.7 Å². The van der Waals surface area contributed by atoms with E-state index >= 15 is 4.39 Å². The molecule has 178 valence electrons. The molecule has 1 aliphatic heterocycles. The average Bonchev–Trinajstić information content (AvgIpc) is 3.45. The molecule has 3 rings (SSSR count). The van der Waals surface area contributed by atoms with Gasteiger partial charge in [-0.3, -0.25) is 14.8 Å². The summed E-state index contributed by atoms with van der Waals surface area (Å²) in [6.45, 7) is 2.17. The van der Waals surface area contributed by atoms with Gasteiger partial charge < -0.3 is 15.3 Å². The smallest absolute Gasteiger partial charge is 0.233 e. The fourth-order valence-corrected chi connectivity index (χ4v) is 4.97. The third kappa shape index (κ3) is 6.13. The van der Waals surface area contributed by atoms with Crippen LogP contribution >= 0.6 is 0 Å². The Balaban J connectivity index is 1.70. The number of anilines is 1. The van der Waals surface area contributed by atoms with Crippen LogP contribution in [0, 0.1) is 24.6 Å². The van der Waals surface area contributed by atoms with Gasteiger partial charge in [-0.25, -0.2) is 19.4 Å². The predicted molar refractivity (Wildman–Crippen MR) is 115 cm³/mol. The summed E-state index contributed by atoms with van der Waals surface area (Å²) in [6.07, 6.45) is 7.48. The molecular formula is C22H34FN5O4. The first-order valence-electron chi connectivity index (χ1n) is 11.5. The zero-order valence-electron chi connectivity index (χ0n) is 18.7. The van der Waals surface area contributed by atoms with Gasteiger partial charge in [-0.2, -0.15) is 0 Å². The molecule has 2 atom stereocenters. The van der Waals surface area contributed by atoms with Crippen molar-refractivity contribution in [1.82, 2.24) is 20.3 Å². The maximum Gasteiger partial charge on any atom is 0.233 e. The summed E-state index contributed by atoms with van der Waals surface area (Å²) in [5, 5.41) is 22.2. The fourth-order valence-electron chi connectivity index (χ4n) is 4.97. The lowest BCUT2D eigenvalue weighted by molar-refractivity contribution is -0.155. The minimum atomic E-state index is -0.578. The Labute approximate surface area is 188 Å². The van der Waals surface area contributed by atoms with Crippen LogP contribution in [0.3, 0.4) is 0 Å². The lowest BCUT2D eigenvalue weighted by Crippen LogP contribution is -2.38. The molecule has 10 heteroatoms. The van der Waals surface area contributed by atoms with E-state index in [2.05, 4.69) is 15.3 Å². The Morgan fingerprint density at radius 3 is 2.75 bits per heavy atom. The van der Waals surface area contributed by atoms with Crippen LogP contribution in [-0.2, 0) is 16.1 Å². The van der Waals surface area contributed by atoms with Gasteiger partial charge in [0.25, 0.3) is 0 Å². The molecule has 0 spiro atoms. The van der Waals surface area contributed by atoms with Gasteiger partial charge >= 0.3 is 0 Å². The minimum absolute atomic E-state index is 0.0286. The molecule has 2 aliphatic rings. The molecule has 2 heterocycles. The summed E-state index contributed by atoms with van der Waals surface area (Å²) in [4.78, 5) is 34.1. The minimum Gasteiger partial charge on any atom is -0.396 e. The van der Waals surface area contributed by atoms with Crippen molar-refractivity contribution in [3.63, 3.8) is 0 Å². The van der Waals surface area contributed by atoms with Gasteiger partial charge in [0.2, 0.25) is 12.3 Å². The molecule has 1 aliphatic carbocycles. The maximum absolute atomic E-state index is 15.3. The van der Waals surface area contributed by atoms with Crippen molar-refractivity contribution in [1.29, 1.82) is 0 Å². The Morgan fingerprint density at radius 1 is 1.31 bits per heavy atom. The highest BCUT2D eigenvalue weighted by Crippen LogP contribution is 2.31. The SMILES string of the molecule is Cc1nc(CNC(=O)[C@H](CC2CCCC2)CN(O)C=O)c(F)c(N2CCC[C@H]2CCO)n1. The van der Waals surface area contributed by atoms with Gasteiger partial charge in [0, 0.05) is 19.2 Å². The number of aliphatic hydroxyl groups excluding tert-OH is 1. The van der Waals surface area contributed by atoms with Crippen molar-refractivity contribution >= 4 is 18.1 Å². The van der Waals surface area contributed by atoms with E-state index in [0.717, 1.165) is 38.5 Å². The summed E-state index contributed by atoms with van der Waals surface area (Å²) >= 11 is 0. The van der Waals surface area contributed by atoms with Crippen molar-refractivity contribution in [3.8, 4) is 0 Å². The van der Waals surface area contributed by atoms with Crippen LogP contribution < -0.4 is 10.2 Å². The van der Waals surface area contributed by atoms with Crippen molar-refractivity contribution in [2.75, 3.05) is 24.6 Å². The van der Waals surface area contributed by atoms with Crippen LogP contribution in [-0.4, -0.2) is 63.4 Å². The largest absolute Gasteiger partial charge is 0.396 e. The van der Waals surface area contributed by atoms with E-state index in [-0.39, 0.29) is 49.6 Å². The van der Waals surface area contributed by atoms with E-state index in [9.17, 15) is 19.9 Å². The second kappa shape index (κ2) is 11.5. The van der Waals surface area contributed by atoms with Gasteiger partial charge in [0.1, 0.15) is 11.5 Å². The molecule has 0 unspecified atom stereocenters. The third-order valence-electron chi connectivity index (χ3n) is 6.55. The van der Waals surface area contributed by atoms with Gasteiger partial charge in [0.15, 0.2) is 11.6 Å². The Morgan fingerprint density at radius 2 is 2.06 bits per heavy atom. The summed E-state index contributed by atoms with van der Waals surface area (Å²) in [6, 6.07) is 0.0286. The second-order valence-corrected chi connectivity index (χ2v) is 8.89. The summed E-state index contributed by atoms with van der Waals surface area (Å²) < 4.78 is 15.3. The lowest BCUT2D eigenvalue weighted by Gasteiger charge is -2.26. The zero-order chi connectivity index (χ0) is 23.1. The highest BCUT2D eigenvalue weighted by atomic mass is 19.1. The first-order valence-corrected chi connectivity index (χ1v) is 11.5. The van der Waals surface area contributed by atoms with E-state index in [1.54, 1.807) is 6.92 Å². The number of amides is 2. The second-order valence-electron chi connectivity index (χ2n) is 8.89. The topological polar surface area (TPSA) is 119 Å². The van der Waals surface area contributed by atoms with Crippen molar-refractivity contribution < 1.29 is 24.3 Å². The number of carbonyl (C=O) groups is 2. The quantitative estimate of drug-likeness (QED) is 0.267. The number of carbonyl (C=O) groups excluding carboxylic acids is 2. The van der Waals surface area contributed by atoms with Crippen molar-refractivity contribution in [2.45, 2.75) is 70.9 Å². The molecule has 0 bridgehead atoms. The molecule has 9 nitrogen and oxygen atoms in total. The maximum atomic E-state index is 15.3. The first kappa shape index (κ1) is 24.3. The molecule has 32 heavy (non-hydrogen) atoms. The number of halogens is 1. The molecule has 1 saturated carbocycles. The first-order chi connectivity index (χ1) is 15.4. The van der Waals surface area contributed by atoms with Crippen LogP contribution in [0.15, 0.2) is 0 Å². The number of nitrogens with zero attached hydrogens (tertiary/aromatic N) is 4. The molecule has 1 aromatic rings. The van der Waals surface area contributed by atoms with Crippen LogP contribution in [0.5, 0.6) is 0 Å². The monoisotopic (exact) mass is 451 g/mol. The zero-order valence-corrected chi connectivity index (χ0v) is 18.7. The Bertz CT molecular complexity index is 790. The number of nitrogens with one attached hydrogen (secondary N) is 1. The summed E-state index contributed by atoms with van der Waals surface area (Å²) in [5.41, 5.74) is 0.103. The number of aliphatic hydroxyl groups is 1. The van der Waals surface area contributed by atoms with Crippen molar-refractivity contribution in [3.05, 3.63) is 17.3 Å². The van der Waals surface area contributed by atoms with Gasteiger partial charge in [-0.15, -0.1) is 0 Å². The number of hydrogen-bond acceptors (Lipinski definition) is 7. The van der Waals surface area contributed by atoms with E-state index < -0.39 is 11.7 Å². The van der Waals surface area contributed by atoms with E-state index in [0.29, 0.717) is 36.2 Å². The summed E-state index contributed by atoms with van der Waals surface area (Å²) in [5.74, 6) is -0.479.